The van der Waals surface area contributed by atoms with Crippen LogP contribution in [-0.2, 0) is 7.05 Å². The van der Waals surface area contributed by atoms with Crippen LogP contribution >= 0.6 is 11.3 Å². The summed E-state index contributed by atoms with van der Waals surface area (Å²) in [6.07, 6.45) is 0. The number of para-hydroxylation sites is 1. The number of ether oxygens (including phenoxy) is 1. The summed E-state index contributed by atoms with van der Waals surface area (Å²) in [7, 11) is 3.43. The van der Waals surface area contributed by atoms with E-state index in [4.69, 9.17) is 4.74 Å². The van der Waals surface area contributed by atoms with Crippen molar-refractivity contribution in [3.63, 3.8) is 0 Å². The molecule has 158 valence electrons. The molecule has 2 heterocycles. The summed E-state index contributed by atoms with van der Waals surface area (Å²) in [5.41, 5.74) is 3.45. The summed E-state index contributed by atoms with van der Waals surface area (Å²) < 4.78 is 8.51. The Kier molecular flexibility index (Phi) is 5.52. The van der Waals surface area contributed by atoms with Gasteiger partial charge >= 0.3 is 0 Å². The number of nitrogens with zero attached hydrogens (tertiary/aromatic N) is 2. The van der Waals surface area contributed by atoms with E-state index < -0.39 is 0 Å². The first-order valence-electron chi connectivity index (χ1n) is 9.81. The fourth-order valence-electron chi connectivity index (χ4n) is 3.54. The van der Waals surface area contributed by atoms with Gasteiger partial charge in [0, 0.05) is 11.9 Å². The molecular weight excluding hydrogens is 410 g/mol. The highest BCUT2D eigenvalue weighted by atomic mass is 32.1. The fraction of sp³-hybridized carbons (Fsp3) is 0.167. The molecule has 0 spiro atoms. The Morgan fingerprint density at radius 3 is 2.35 bits per heavy atom. The summed E-state index contributed by atoms with van der Waals surface area (Å²) >= 11 is 1.41. The molecule has 0 unspecified atom stereocenters. The Bertz CT molecular complexity index is 1300. The van der Waals surface area contributed by atoms with Gasteiger partial charge in [0.05, 0.1) is 23.4 Å². The highest BCUT2D eigenvalue weighted by molar-refractivity contribution is 7.14. The predicted molar refractivity (Wildman–Crippen MR) is 125 cm³/mol. The van der Waals surface area contributed by atoms with E-state index in [2.05, 4.69) is 5.32 Å². The summed E-state index contributed by atoms with van der Waals surface area (Å²) in [5.74, 6) is 0.489. The zero-order chi connectivity index (χ0) is 22.1. The molecule has 1 N–H and O–H groups in total. The van der Waals surface area contributed by atoms with Crippen LogP contribution in [0.25, 0.3) is 16.8 Å². The number of hydrogen-bond acceptors (Lipinski definition) is 4. The van der Waals surface area contributed by atoms with E-state index in [0.717, 1.165) is 27.4 Å². The molecule has 0 aliphatic carbocycles. The van der Waals surface area contributed by atoms with Crippen LogP contribution in [-0.4, -0.2) is 22.4 Å². The summed E-state index contributed by atoms with van der Waals surface area (Å²) in [6, 6.07) is 18.9. The van der Waals surface area contributed by atoms with Gasteiger partial charge in [-0.05, 0) is 55.3 Å². The van der Waals surface area contributed by atoms with Crippen LogP contribution in [0, 0.1) is 13.8 Å². The number of amides is 1. The van der Waals surface area contributed by atoms with Crippen LogP contribution in [0.2, 0.25) is 0 Å². The van der Waals surface area contributed by atoms with Gasteiger partial charge in [0.2, 0.25) is 0 Å². The molecule has 0 fully saturated rings. The molecule has 0 bridgehead atoms. The Balaban J connectivity index is 1.64. The number of anilines is 1. The monoisotopic (exact) mass is 433 g/mol. The standard InChI is InChI=1S/C24H23N3O3S/c1-15-22(24(29)27(26(15)3)18-8-6-5-7-9-18)25-23(28)21-14-20(16(2)31-21)17-10-12-19(30-4)13-11-17/h5-14H,1-4H3,(H,25,28). The first kappa shape index (κ1) is 20.7. The van der Waals surface area contributed by atoms with Crippen LogP contribution in [0.1, 0.15) is 20.2 Å². The van der Waals surface area contributed by atoms with E-state index in [1.165, 1.54) is 11.3 Å². The zero-order valence-electron chi connectivity index (χ0n) is 17.8. The maximum Gasteiger partial charge on any atom is 0.295 e. The molecule has 31 heavy (non-hydrogen) atoms. The van der Waals surface area contributed by atoms with Crippen molar-refractivity contribution in [2.24, 2.45) is 7.05 Å². The van der Waals surface area contributed by atoms with Crippen molar-refractivity contribution >= 4 is 22.9 Å². The van der Waals surface area contributed by atoms with Gasteiger partial charge in [-0.3, -0.25) is 14.3 Å². The van der Waals surface area contributed by atoms with E-state index in [9.17, 15) is 9.59 Å². The highest BCUT2D eigenvalue weighted by Gasteiger charge is 2.20. The summed E-state index contributed by atoms with van der Waals surface area (Å²) in [4.78, 5) is 27.6. The molecule has 4 aromatic rings. The third kappa shape index (κ3) is 3.80. The first-order valence-corrected chi connectivity index (χ1v) is 10.6. The molecule has 1 amide bonds. The number of carbonyl (C=O) groups excluding carboxylic acids is 1. The lowest BCUT2D eigenvalue weighted by atomic mass is 10.1. The number of benzene rings is 2. The number of rotatable bonds is 5. The van der Waals surface area contributed by atoms with Crippen molar-refractivity contribution in [1.29, 1.82) is 0 Å². The molecule has 6 nitrogen and oxygen atoms in total. The van der Waals surface area contributed by atoms with Gasteiger partial charge in [0.1, 0.15) is 11.4 Å². The number of aromatic nitrogens is 2. The van der Waals surface area contributed by atoms with Crippen LogP contribution in [0.15, 0.2) is 65.5 Å². The average Bonchev–Trinajstić information content (AvgIpc) is 3.27. The van der Waals surface area contributed by atoms with Crippen molar-refractivity contribution in [1.82, 2.24) is 9.36 Å². The van der Waals surface area contributed by atoms with Gasteiger partial charge in [-0.1, -0.05) is 30.3 Å². The third-order valence-electron chi connectivity index (χ3n) is 5.34. The molecule has 4 rings (SSSR count). The predicted octanol–water partition coefficient (Wildman–Crippen LogP) is 4.78. The Labute approximate surface area is 184 Å². The van der Waals surface area contributed by atoms with Gasteiger partial charge in [-0.15, -0.1) is 11.3 Å². The van der Waals surface area contributed by atoms with E-state index in [-0.39, 0.29) is 17.2 Å². The van der Waals surface area contributed by atoms with E-state index in [0.29, 0.717) is 10.6 Å². The van der Waals surface area contributed by atoms with E-state index in [1.807, 2.05) is 74.5 Å². The average molecular weight is 434 g/mol. The number of aryl methyl sites for hydroxylation is 1. The van der Waals surface area contributed by atoms with Gasteiger partial charge in [-0.2, -0.15) is 0 Å². The molecule has 0 saturated heterocycles. The lowest BCUT2D eigenvalue weighted by Crippen LogP contribution is -2.22. The SMILES string of the molecule is COc1ccc(-c2cc(C(=O)Nc3c(C)n(C)n(-c4ccccc4)c3=O)sc2C)cc1. The topological polar surface area (TPSA) is 65.3 Å². The van der Waals surface area contributed by atoms with Crippen LogP contribution < -0.4 is 15.6 Å². The molecule has 7 heteroatoms. The van der Waals surface area contributed by atoms with Crippen molar-refractivity contribution in [3.05, 3.63) is 86.5 Å². The molecule has 0 atom stereocenters. The number of hydrogen-bond donors (Lipinski definition) is 1. The van der Waals surface area contributed by atoms with E-state index in [1.54, 1.807) is 23.5 Å². The second-order valence-electron chi connectivity index (χ2n) is 7.20. The number of nitrogens with one attached hydrogen (secondary N) is 1. The molecule has 0 aliphatic heterocycles. The lowest BCUT2D eigenvalue weighted by Gasteiger charge is -2.07. The summed E-state index contributed by atoms with van der Waals surface area (Å²) in [5, 5.41) is 2.83. The Morgan fingerprint density at radius 2 is 1.71 bits per heavy atom. The molecule has 0 radical (unpaired) electrons. The first-order chi connectivity index (χ1) is 14.9. The number of thiophene rings is 1. The van der Waals surface area contributed by atoms with Crippen LogP contribution in [0.3, 0.4) is 0 Å². The molecule has 2 aromatic carbocycles. The van der Waals surface area contributed by atoms with E-state index >= 15 is 0 Å². The van der Waals surface area contributed by atoms with Crippen molar-refractivity contribution in [3.8, 4) is 22.6 Å². The van der Waals surface area contributed by atoms with Crippen LogP contribution in [0.4, 0.5) is 5.69 Å². The van der Waals surface area contributed by atoms with Crippen LogP contribution in [0.5, 0.6) is 5.75 Å². The fourth-order valence-corrected chi connectivity index (χ4v) is 4.48. The Morgan fingerprint density at radius 1 is 1.03 bits per heavy atom. The lowest BCUT2D eigenvalue weighted by molar-refractivity contribution is 0.103. The van der Waals surface area contributed by atoms with Gasteiger partial charge in [0.25, 0.3) is 11.5 Å². The smallest absolute Gasteiger partial charge is 0.295 e. The maximum absolute atomic E-state index is 13.1. The second-order valence-corrected chi connectivity index (χ2v) is 8.46. The minimum atomic E-state index is -0.293. The molecule has 2 aromatic heterocycles. The van der Waals surface area contributed by atoms with Gasteiger partial charge in [0.15, 0.2) is 0 Å². The Hall–Kier alpha value is -3.58. The normalized spacial score (nSPS) is 10.8. The summed E-state index contributed by atoms with van der Waals surface area (Å²) in [6.45, 7) is 3.80. The highest BCUT2D eigenvalue weighted by Crippen LogP contribution is 2.32. The number of methoxy groups -OCH3 is 1. The molecule has 0 aliphatic rings. The van der Waals surface area contributed by atoms with Gasteiger partial charge in [-0.25, -0.2) is 4.68 Å². The van der Waals surface area contributed by atoms with Crippen molar-refractivity contribution in [2.45, 2.75) is 13.8 Å². The van der Waals surface area contributed by atoms with Crippen molar-refractivity contribution in [2.75, 3.05) is 12.4 Å². The number of carbonyl (C=O) groups is 1. The minimum Gasteiger partial charge on any atom is -0.497 e. The third-order valence-corrected chi connectivity index (χ3v) is 6.38. The largest absolute Gasteiger partial charge is 0.497 e. The molecular formula is C24H23N3O3S. The van der Waals surface area contributed by atoms with Gasteiger partial charge < -0.3 is 10.1 Å². The quantitative estimate of drug-likeness (QED) is 0.493. The minimum absolute atomic E-state index is 0.261. The zero-order valence-corrected chi connectivity index (χ0v) is 18.6. The van der Waals surface area contributed by atoms with Crippen molar-refractivity contribution < 1.29 is 9.53 Å². The second kappa shape index (κ2) is 8.28. The molecule has 0 saturated carbocycles. The maximum atomic E-state index is 13.1.